The highest BCUT2D eigenvalue weighted by molar-refractivity contribution is 5.34. The van der Waals surface area contributed by atoms with Gasteiger partial charge >= 0.3 is 0 Å². The molecule has 1 aliphatic rings. The molecule has 0 spiro atoms. The summed E-state index contributed by atoms with van der Waals surface area (Å²) in [7, 11) is 0. The van der Waals surface area contributed by atoms with Gasteiger partial charge in [0.15, 0.2) is 0 Å². The molecule has 1 aliphatic heterocycles. The Morgan fingerprint density at radius 3 is 2.71 bits per heavy atom. The third-order valence-electron chi connectivity index (χ3n) is 3.15. The van der Waals surface area contributed by atoms with Crippen LogP contribution >= 0.6 is 0 Å². The number of nitro benzene ring substituents is 1. The molecule has 2 rings (SSSR count). The van der Waals surface area contributed by atoms with Crippen LogP contribution in [0.1, 0.15) is 24.9 Å². The Morgan fingerprint density at radius 1 is 1.47 bits per heavy atom. The standard InChI is InChI=1S/C12H17N3O2/c1-9(14-11-6-7-13-8-11)10-2-4-12(5-3-10)15(16)17/h2-5,9,11,13-14H,6-8H2,1H3. The number of nitro groups is 1. The van der Waals surface area contributed by atoms with E-state index in [9.17, 15) is 10.1 Å². The van der Waals surface area contributed by atoms with Gasteiger partial charge in [-0.25, -0.2) is 0 Å². The van der Waals surface area contributed by atoms with Crippen LogP contribution in [0, 0.1) is 10.1 Å². The number of rotatable bonds is 4. The van der Waals surface area contributed by atoms with Crippen LogP contribution in [-0.4, -0.2) is 24.1 Å². The van der Waals surface area contributed by atoms with Crippen LogP contribution in [0.15, 0.2) is 24.3 Å². The maximum absolute atomic E-state index is 10.5. The van der Waals surface area contributed by atoms with Crippen LogP contribution in [0.2, 0.25) is 0 Å². The molecule has 1 aromatic rings. The van der Waals surface area contributed by atoms with Crippen molar-refractivity contribution in [2.75, 3.05) is 13.1 Å². The van der Waals surface area contributed by atoms with E-state index in [2.05, 4.69) is 17.6 Å². The van der Waals surface area contributed by atoms with Gasteiger partial charge < -0.3 is 10.6 Å². The van der Waals surface area contributed by atoms with Gasteiger partial charge in [-0.3, -0.25) is 10.1 Å². The molecule has 2 N–H and O–H groups in total. The summed E-state index contributed by atoms with van der Waals surface area (Å²) in [6, 6.07) is 7.47. The normalized spacial score (nSPS) is 21.4. The molecule has 5 heteroatoms. The molecule has 0 aromatic heterocycles. The predicted molar refractivity (Wildman–Crippen MR) is 65.9 cm³/mol. The molecule has 0 saturated carbocycles. The van der Waals surface area contributed by atoms with E-state index in [4.69, 9.17) is 0 Å². The minimum atomic E-state index is -0.372. The van der Waals surface area contributed by atoms with Crippen molar-refractivity contribution >= 4 is 5.69 Å². The lowest BCUT2D eigenvalue weighted by Gasteiger charge is -2.18. The summed E-state index contributed by atoms with van der Waals surface area (Å²) in [5.41, 5.74) is 1.23. The van der Waals surface area contributed by atoms with Crippen LogP contribution < -0.4 is 10.6 Å². The summed E-state index contributed by atoms with van der Waals surface area (Å²) >= 11 is 0. The number of non-ortho nitro benzene ring substituents is 1. The second-order valence-corrected chi connectivity index (χ2v) is 4.43. The lowest BCUT2D eigenvalue weighted by molar-refractivity contribution is -0.384. The third kappa shape index (κ3) is 3.01. The Bertz CT molecular complexity index is 385. The number of nitrogens with zero attached hydrogens (tertiary/aromatic N) is 1. The van der Waals surface area contributed by atoms with E-state index in [1.54, 1.807) is 12.1 Å². The van der Waals surface area contributed by atoms with Crippen molar-refractivity contribution in [2.24, 2.45) is 0 Å². The fraction of sp³-hybridized carbons (Fsp3) is 0.500. The lowest BCUT2D eigenvalue weighted by atomic mass is 10.1. The summed E-state index contributed by atoms with van der Waals surface area (Å²) in [5.74, 6) is 0. The van der Waals surface area contributed by atoms with E-state index >= 15 is 0 Å². The third-order valence-corrected chi connectivity index (χ3v) is 3.15. The summed E-state index contributed by atoms with van der Waals surface area (Å²) in [4.78, 5) is 10.2. The maximum Gasteiger partial charge on any atom is 0.269 e. The first kappa shape index (κ1) is 12.0. The Balaban J connectivity index is 1.98. The number of hydrogen-bond acceptors (Lipinski definition) is 4. The molecule has 0 aliphatic carbocycles. The van der Waals surface area contributed by atoms with Crippen LogP contribution in [0.3, 0.4) is 0 Å². The van der Waals surface area contributed by atoms with Crippen LogP contribution in [0.5, 0.6) is 0 Å². The summed E-state index contributed by atoms with van der Waals surface area (Å²) in [6.45, 7) is 4.14. The van der Waals surface area contributed by atoms with Gasteiger partial charge in [0.2, 0.25) is 0 Å². The van der Waals surface area contributed by atoms with E-state index in [0.717, 1.165) is 25.1 Å². The van der Waals surface area contributed by atoms with Gasteiger partial charge in [-0.05, 0) is 25.5 Å². The first-order valence-corrected chi connectivity index (χ1v) is 5.88. The van der Waals surface area contributed by atoms with Crippen molar-refractivity contribution in [3.8, 4) is 0 Å². The van der Waals surface area contributed by atoms with Crippen molar-refractivity contribution in [2.45, 2.75) is 25.4 Å². The van der Waals surface area contributed by atoms with Crippen molar-refractivity contribution in [1.82, 2.24) is 10.6 Å². The summed E-state index contributed by atoms with van der Waals surface area (Å²) < 4.78 is 0. The number of benzene rings is 1. The predicted octanol–water partition coefficient (Wildman–Crippen LogP) is 1.61. The smallest absolute Gasteiger partial charge is 0.269 e. The molecule has 5 nitrogen and oxygen atoms in total. The Morgan fingerprint density at radius 2 is 2.18 bits per heavy atom. The average molecular weight is 235 g/mol. The fourth-order valence-corrected chi connectivity index (χ4v) is 2.13. The monoisotopic (exact) mass is 235 g/mol. The van der Waals surface area contributed by atoms with Gasteiger partial charge in [0.05, 0.1) is 4.92 Å². The zero-order valence-corrected chi connectivity index (χ0v) is 9.85. The second kappa shape index (κ2) is 5.25. The highest BCUT2D eigenvalue weighted by Crippen LogP contribution is 2.18. The molecular weight excluding hydrogens is 218 g/mol. The van der Waals surface area contributed by atoms with Gasteiger partial charge in [0.25, 0.3) is 5.69 Å². The fourth-order valence-electron chi connectivity index (χ4n) is 2.13. The van der Waals surface area contributed by atoms with Gasteiger partial charge in [0.1, 0.15) is 0 Å². The summed E-state index contributed by atoms with van der Waals surface area (Å²) in [6.07, 6.45) is 1.14. The summed E-state index contributed by atoms with van der Waals surface area (Å²) in [5, 5.41) is 17.4. The van der Waals surface area contributed by atoms with E-state index in [0.29, 0.717) is 6.04 Å². The molecule has 2 unspecified atom stereocenters. The molecule has 0 bridgehead atoms. The molecule has 92 valence electrons. The largest absolute Gasteiger partial charge is 0.315 e. The van der Waals surface area contributed by atoms with Crippen LogP contribution in [0.25, 0.3) is 0 Å². The average Bonchev–Trinajstić information content (AvgIpc) is 2.82. The molecule has 0 amide bonds. The number of hydrogen-bond donors (Lipinski definition) is 2. The highest BCUT2D eigenvalue weighted by Gasteiger charge is 2.17. The maximum atomic E-state index is 10.5. The molecule has 1 fully saturated rings. The van der Waals surface area contributed by atoms with Gasteiger partial charge in [-0.15, -0.1) is 0 Å². The highest BCUT2D eigenvalue weighted by atomic mass is 16.6. The topological polar surface area (TPSA) is 67.2 Å². The van der Waals surface area contributed by atoms with E-state index < -0.39 is 0 Å². The van der Waals surface area contributed by atoms with E-state index in [-0.39, 0.29) is 16.7 Å². The lowest BCUT2D eigenvalue weighted by Crippen LogP contribution is -2.33. The molecule has 1 aromatic carbocycles. The van der Waals surface area contributed by atoms with E-state index in [1.165, 1.54) is 0 Å². The molecular formula is C12H17N3O2. The number of nitrogens with one attached hydrogen (secondary N) is 2. The second-order valence-electron chi connectivity index (χ2n) is 4.43. The van der Waals surface area contributed by atoms with Crippen molar-refractivity contribution < 1.29 is 4.92 Å². The Hall–Kier alpha value is -1.46. The van der Waals surface area contributed by atoms with Gasteiger partial charge in [-0.1, -0.05) is 12.1 Å². The van der Waals surface area contributed by atoms with Crippen molar-refractivity contribution in [3.05, 3.63) is 39.9 Å². The zero-order chi connectivity index (χ0) is 12.3. The first-order chi connectivity index (χ1) is 8.16. The first-order valence-electron chi connectivity index (χ1n) is 5.88. The molecule has 1 saturated heterocycles. The van der Waals surface area contributed by atoms with Gasteiger partial charge in [0, 0.05) is 30.8 Å². The van der Waals surface area contributed by atoms with Crippen molar-refractivity contribution in [1.29, 1.82) is 0 Å². The van der Waals surface area contributed by atoms with Crippen LogP contribution in [-0.2, 0) is 0 Å². The minimum absolute atomic E-state index is 0.142. The molecule has 17 heavy (non-hydrogen) atoms. The molecule has 1 heterocycles. The zero-order valence-electron chi connectivity index (χ0n) is 9.85. The SMILES string of the molecule is CC(NC1CCNC1)c1ccc([N+](=O)[O-])cc1. The minimum Gasteiger partial charge on any atom is -0.315 e. The molecule has 0 radical (unpaired) electrons. The quantitative estimate of drug-likeness (QED) is 0.614. The van der Waals surface area contributed by atoms with Crippen molar-refractivity contribution in [3.63, 3.8) is 0 Å². The van der Waals surface area contributed by atoms with E-state index in [1.807, 2.05) is 12.1 Å². The van der Waals surface area contributed by atoms with Crippen LogP contribution in [0.4, 0.5) is 5.69 Å². The van der Waals surface area contributed by atoms with Gasteiger partial charge in [-0.2, -0.15) is 0 Å². The Kier molecular flexibility index (Phi) is 3.71. The molecule has 2 atom stereocenters. The Labute approximate surface area is 100 Å².